The van der Waals surface area contributed by atoms with E-state index in [1.165, 1.54) is 38.5 Å². The Morgan fingerprint density at radius 1 is 0.875 bits per heavy atom. The molecule has 0 radical (unpaired) electrons. The lowest BCUT2D eigenvalue weighted by Gasteiger charge is -2.47. The minimum Gasteiger partial charge on any atom is -0.539 e. The van der Waals surface area contributed by atoms with E-state index >= 15 is 0 Å². The molecular formula is C33H61NO3S2Si. The van der Waals surface area contributed by atoms with E-state index in [4.69, 9.17) is 4.43 Å². The van der Waals surface area contributed by atoms with Crippen molar-refractivity contribution in [2.24, 2.45) is 16.7 Å². The van der Waals surface area contributed by atoms with E-state index < -0.39 is 18.3 Å². The topological polar surface area (TPSA) is 46.6 Å². The Hall–Kier alpha value is 0.0169. The van der Waals surface area contributed by atoms with E-state index in [9.17, 15) is 8.42 Å². The summed E-state index contributed by atoms with van der Waals surface area (Å²) in [7, 11) is -5.51. The van der Waals surface area contributed by atoms with Gasteiger partial charge >= 0.3 is 0 Å². The highest BCUT2D eigenvalue weighted by Gasteiger charge is 2.66. The first-order valence-corrected chi connectivity index (χ1v) is 21.4. The van der Waals surface area contributed by atoms with Crippen LogP contribution in [-0.2, 0) is 14.4 Å². The van der Waals surface area contributed by atoms with Crippen molar-refractivity contribution in [2.45, 2.75) is 173 Å². The lowest BCUT2D eigenvalue weighted by atomic mass is 9.70. The molecule has 4 nitrogen and oxygen atoms in total. The van der Waals surface area contributed by atoms with E-state index in [1.54, 1.807) is 0 Å². The van der Waals surface area contributed by atoms with E-state index in [1.807, 2.05) is 11.8 Å². The van der Waals surface area contributed by atoms with Crippen molar-refractivity contribution in [3.8, 4) is 0 Å². The van der Waals surface area contributed by atoms with E-state index in [0.717, 1.165) is 50.0 Å². The SMILES string of the molecule is C=C(O[Si](C(C)C)(C(C)C)C(C)C)SC1CC2CCC1(CS(=O)(=O)N(C1CCCCC1)C1CCCCC1)C2(C)C. The molecule has 40 heavy (non-hydrogen) atoms. The zero-order chi connectivity index (χ0) is 29.5. The summed E-state index contributed by atoms with van der Waals surface area (Å²) in [4.78, 5) is 0. The second-order valence-electron chi connectivity index (χ2n) is 15.4. The maximum Gasteiger partial charge on any atom is 0.259 e. The van der Waals surface area contributed by atoms with Crippen LogP contribution in [0.3, 0.4) is 0 Å². The first-order valence-electron chi connectivity index (χ1n) is 16.7. The molecule has 0 amide bonds. The molecule has 0 aromatic rings. The predicted molar refractivity (Wildman–Crippen MR) is 176 cm³/mol. The van der Waals surface area contributed by atoms with Gasteiger partial charge in [-0.05, 0) is 72.9 Å². The van der Waals surface area contributed by atoms with Crippen molar-refractivity contribution in [1.29, 1.82) is 0 Å². The molecule has 0 aromatic heterocycles. The minimum atomic E-state index is -3.41. The van der Waals surface area contributed by atoms with E-state index in [2.05, 4.69) is 66.3 Å². The molecule has 0 spiro atoms. The average Bonchev–Trinajstić information content (AvgIpc) is 3.22. The second kappa shape index (κ2) is 12.6. The van der Waals surface area contributed by atoms with Gasteiger partial charge in [-0.1, -0.05) is 112 Å². The summed E-state index contributed by atoms with van der Waals surface area (Å²) in [6.45, 7) is 23.2. The quantitative estimate of drug-likeness (QED) is 0.163. The molecule has 0 aliphatic heterocycles. The zero-order valence-corrected chi connectivity index (χ0v) is 29.8. The highest BCUT2D eigenvalue weighted by Crippen LogP contribution is 2.69. The predicted octanol–water partition coefficient (Wildman–Crippen LogP) is 9.87. The molecule has 232 valence electrons. The minimum absolute atomic E-state index is 0.00543. The lowest BCUT2D eigenvalue weighted by molar-refractivity contribution is 0.143. The fraction of sp³-hybridized carbons (Fsp3) is 0.939. The normalized spacial score (nSPS) is 30.2. The van der Waals surface area contributed by atoms with E-state index in [-0.39, 0.29) is 28.2 Å². The smallest absolute Gasteiger partial charge is 0.259 e. The Balaban J connectivity index is 1.62. The van der Waals surface area contributed by atoms with Crippen molar-refractivity contribution >= 4 is 30.1 Å². The maximum atomic E-state index is 14.8. The molecule has 2 bridgehead atoms. The fourth-order valence-electron chi connectivity index (χ4n) is 10.1. The molecule has 4 aliphatic rings. The van der Waals surface area contributed by atoms with Crippen molar-refractivity contribution in [3.05, 3.63) is 11.7 Å². The lowest BCUT2D eigenvalue weighted by Crippen LogP contribution is -2.54. The summed E-state index contributed by atoms with van der Waals surface area (Å²) in [5.74, 6) is 0.885. The first kappa shape index (κ1) is 32.9. The average molecular weight is 612 g/mol. The van der Waals surface area contributed by atoms with E-state index in [0.29, 0.717) is 28.3 Å². The van der Waals surface area contributed by atoms with Gasteiger partial charge in [0, 0.05) is 22.7 Å². The van der Waals surface area contributed by atoms with Crippen LogP contribution in [0.2, 0.25) is 16.6 Å². The van der Waals surface area contributed by atoms with Crippen molar-refractivity contribution in [1.82, 2.24) is 4.31 Å². The van der Waals surface area contributed by atoms with Crippen LogP contribution in [-0.4, -0.2) is 44.1 Å². The highest BCUT2D eigenvalue weighted by molar-refractivity contribution is 8.03. The number of rotatable bonds is 12. The Morgan fingerprint density at radius 3 is 1.77 bits per heavy atom. The third-order valence-corrected chi connectivity index (χ3v) is 21.8. The number of nitrogens with zero attached hydrogens (tertiary/aromatic N) is 1. The van der Waals surface area contributed by atoms with Crippen molar-refractivity contribution in [2.75, 3.05) is 5.75 Å². The number of fused-ring (bicyclic) bond motifs is 2. The van der Waals surface area contributed by atoms with Gasteiger partial charge in [-0.2, -0.15) is 4.31 Å². The number of thioether (sulfide) groups is 1. The molecule has 0 saturated heterocycles. The largest absolute Gasteiger partial charge is 0.539 e. The van der Waals surface area contributed by atoms with Crippen LogP contribution in [0.5, 0.6) is 0 Å². The summed E-state index contributed by atoms with van der Waals surface area (Å²) < 4.78 is 38.6. The monoisotopic (exact) mass is 611 g/mol. The van der Waals surface area contributed by atoms with Crippen molar-refractivity contribution < 1.29 is 12.8 Å². The maximum absolute atomic E-state index is 14.8. The molecule has 7 heteroatoms. The first-order chi connectivity index (χ1) is 18.7. The van der Waals surface area contributed by atoms with Crippen LogP contribution in [0.25, 0.3) is 0 Å². The van der Waals surface area contributed by atoms with Gasteiger partial charge in [0.25, 0.3) is 8.32 Å². The van der Waals surface area contributed by atoms with Crippen LogP contribution in [0, 0.1) is 16.7 Å². The molecule has 0 aromatic carbocycles. The summed E-state index contributed by atoms with van der Waals surface area (Å²) in [6.07, 6.45) is 14.6. The Bertz CT molecular complexity index is 942. The summed E-state index contributed by atoms with van der Waals surface area (Å²) in [6, 6.07) is 0.415. The van der Waals surface area contributed by atoms with Crippen molar-refractivity contribution in [3.63, 3.8) is 0 Å². The summed E-state index contributed by atoms with van der Waals surface area (Å²) in [5, 5.41) is 1.10. The molecule has 3 atom stereocenters. The Kier molecular flexibility index (Phi) is 10.3. The van der Waals surface area contributed by atoms with Crippen LogP contribution in [0.4, 0.5) is 0 Å². The molecular weight excluding hydrogens is 551 g/mol. The number of sulfonamides is 1. The van der Waals surface area contributed by atoms with Gasteiger partial charge in [-0.3, -0.25) is 0 Å². The third-order valence-electron chi connectivity index (χ3n) is 12.3. The van der Waals surface area contributed by atoms with Crippen LogP contribution in [0.1, 0.15) is 139 Å². The van der Waals surface area contributed by atoms with Gasteiger partial charge in [0.1, 0.15) is 5.09 Å². The number of hydrogen-bond donors (Lipinski definition) is 0. The van der Waals surface area contributed by atoms with Gasteiger partial charge in [-0.25, -0.2) is 8.42 Å². The molecule has 4 rings (SSSR count). The Labute approximate surface area is 253 Å². The van der Waals surface area contributed by atoms with Gasteiger partial charge in [-0.15, -0.1) is 0 Å². The van der Waals surface area contributed by atoms with Gasteiger partial charge in [0.05, 0.1) is 5.75 Å². The molecule has 0 N–H and O–H groups in total. The molecule has 0 heterocycles. The molecule has 4 fully saturated rings. The standard InChI is InChI=1S/C33H61NO3S2Si/c1-24(2)40(25(3)4,26(5)6)37-27(7)38-31-22-28-20-21-33(31,32(28,8)9)23-39(35,36)34(29-16-12-10-13-17-29)30-18-14-11-15-19-30/h24-26,28-31H,7,10-23H2,1-6,8-9H3. The summed E-state index contributed by atoms with van der Waals surface area (Å²) in [5.41, 5.74) is 1.26. The van der Waals surface area contributed by atoms with Crippen LogP contribution >= 0.6 is 11.8 Å². The second-order valence-corrected chi connectivity index (χ2v) is 23.9. The number of hydrogen-bond acceptors (Lipinski definition) is 4. The van der Waals surface area contributed by atoms with Gasteiger partial charge < -0.3 is 4.43 Å². The Morgan fingerprint density at radius 2 is 1.35 bits per heavy atom. The van der Waals surface area contributed by atoms with Crippen LogP contribution < -0.4 is 0 Å². The third kappa shape index (κ3) is 5.89. The van der Waals surface area contributed by atoms with Gasteiger partial charge in [0.15, 0.2) is 0 Å². The molecule has 3 unspecified atom stereocenters. The molecule has 4 aliphatic carbocycles. The molecule has 4 saturated carbocycles. The highest BCUT2D eigenvalue weighted by atomic mass is 32.2. The fourth-order valence-corrected chi connectivity index (χ4v) is 20.1. The zero-order valence-electron chi connectivity index (χ0n) is 27.1. The summed E-state index contributed by atoms with van der Waals surface area (Å²) >= 11 is 1.81. The van der Waals surface area contributed by atoms with Gasteiger partial charge in [0.2, 0.25) is 10.0 Å². The van der Waals surface area contributed by atoms with Crippen LogP contribution in [0.15, 0.2) is 11.7 Å².